The minimum absolute atomic E-state index is 0.0355. The Morgan fingerprint density at radius 1 is 1.82 bits per heavy atom. The lowest BCUT2D eigenvalue weighted by molar-refractivity contribution is -0.145. The fourth-order valence-electron chi connectivity index (χ4n) is 1.74. The van der Waals surface area contributed by atoms with Gasteiger partial charge in [0.2, 0.25) is 5.91 Å². The molecular weight excluding hydrogens is 146 g/mol. The Morgan fingerprint density at radius 3 is 3.00 bits per heavy atom. The highest BCUT2D eigenvalue weighted by atomic mass is 16.5. The van der Waals surface area contributed by atoms with Gasteiger partial charge in [0, 0.05) is 12.3 Å². The third-order valence-electron chi connectivity index (χ3n) is 2.45. The molecule has 0 spiro atoms. The molecule has 2 aliphatic rings. The number of hydrogen-bond donors (Lipinski definition) is 1. The van der Waals surface area contributed by atoms with E-state index in [9.17, 15) is 9.59 Å². The zero-order valence-corrected chi connectivity index (χ0v) is 6.22. The molecule has 1 aliphatic heterocycles. The molecule has 2 fully saturated rings. The van der Waals surface area contributed by atoms with E-state index in [1.807, 2.05) is 0 Å². The normalized spacial score (nSPS) is 39.4. The van der Waals surface area contributed by atoms with E-state index in [4.69, 9.17) is 0 Å². The van der Waals surface area contributed by atoms with Gasteiger partial charge in [-0.2, -0.15) is 0 Å². The van der Waals surface area contributed by atoms with Gasteiger partial charge in [0.05, 0.1) is 7.11 Å². The highest BCUT2D eigenvalue weighted by Crippen LogP contribution is 2.50. The van der Waals surface area contributed by atoms with Crippen LogP contribution in [-0.4, -0.2) is 24.5 Å². The summed E-state index contributed by atoms with van der Waals surface area (Å²) in [4.78, 5) is 21.9. The van der Waals surface area contributed by atoms with Gasteiger partial charge in [0.15, 0.2) is 0 Å². The molecule has 60 valence electrons. The van der Waals surface area contributed by atoms with Crippen LogP contribution in [0.5, 0.6) is 0 Å². The van der Waals surface area contributed by atoms with Crippen molar-refractivity contribution >= 4 is 11.9 Å². The standard InChI is InChI=1S/C7H9NO3/c1-11-6(10)7-3-4(7)2-5(9)8-7/h4H,2-3H2,1H3,(H,8,9)/t4-,7+/m0/s1. The lowest BCUT2D eigenvalue weighted by atomic mass is 10.2. The summed E-state index contributed by atoms with van der Waals surface area (Å²) in [5.41, 5.74) is -0.619. The number of esters is 1. The minimum atomic E-state index is -0.619. The second kappa shape index (κ2) is 1.75. The first-order valence-corrected chi connectivity index (χ1v) is 3.58. The van der Waals surface area contributed by atoms with Crippen LogP contribution in [0.2, 0.25) is 0 Å². The Hall–Kier alpha value is -1.06. The number of carbonyl (C=O) groups excluding carboxylic acids is 2. The van der Waals surface area contributed by atoms with E-state index in [2.05, 4.69) is 10.1 Å². The average Bonchev–Trinajstić information content (AvgIpc) is 2.55. The molecule has 2 rings (SSSR count). The number of piperidine rings is 1. The first-order chi connectivity index (χ1) is 5.19. The molecule has 1 aliphatic carbocycles. The van der Waals surface area contributed by atoms with Crippen LogP contribution >= 0.6 is 0 Å². The third kappa shape index (κ3) is 0.692. The Labute approximate surface area is 63.9 Å². The number of carbonyl (C=O) groups is 2. The molecule has 1 heterocycles. The molecule has 1 N–H and O–H groups in total. The third-order valence-corrected chi connectivity index (χ3v) is 2.45. The van der Waals surface area contributed by atoms with E-state index in [1.165, 1.54) is 7.11 Å². The maximum absolute atomic E-state index is 11.1. The SMILES string of the molecule is COC(=O)[C@@]12C[C@@H]1CC(=O)N2. The zero-order chi connectivity index (χ0) is 8.06. The van der Waals surface area contributed by atoms with Crippen LogP contribution in [0.4, 0.5) is 0 Å². The van der Waals surface area contributed by atoms with E-state index in [0.717, 1.165) is 6.42 Å². The Bertz CT molecular complexity index is 238. The number of amides is 1. The number of hydrogen-bond acceptors (Lipinski definition) is 3. The molecule has 0 bridgehead atoms. The van der Waals surface area contributed by atoms with Gasteiger partial charge in [-0.25, -0.2) is 4.79 Å². The molecule has 0 aromatic heterocycles. The summed E-state index contributed by atoms with van der Waals surface area (Å²) in [6.45, 7) is 0. The summed E-state index contributed by atoms with van der Waals surface area (Å²) in [7, 11) is 1.34. The van der Waals surface area contributed by atoms with Crippen molar-refractivity contribution in [2.24, 2.45) is 5.92 Å². The van der Waals surface area contributed by atoms with Crippen LogP contribution in [0, 0.1) is 5.92 Å². The molecule has 1 saturated heterocycles. The molecule has 0 aromatic carbocycles. The number of fused-ring (bicyclic) bond motifs is 1. The van der Waals surface area contributed by atoms with Crippen LogP contribution in [0.25, 0.3) is 0 Å². The molecule has 2 atom stereocenters. The smallest absolute Gasteiger partial charge is 0.331 e. The Morgan fingerprint density at radius 2 is 2.55 bits per heavy atom. The van der Waals surface area contributed by atoms with Crippen molar-refractivity contribution in [3.8, 4) is 0 Å². The average molecular weight is 155 g/mol. The van der Waals surface area contributed by atoms with Crippen LogP contribution in [0.15, 0.2) is 0 Å². The van der Waals surface area contributed by atoms with Gasteiger partial charge < -0.3 is 10.1 Å². The zero-order valence-electron chi connectivity index (χ0n) is 6.22. The largest absolute Gasteiger partial charge is 0.467 e. The first-order valence-electron chi connectivity index (χ1n) is 3.58. The predicted octanol–water partition coefficient (Wildman–Crippen LogP) is -0.562. The fraction of sp³-hybridized carbons (Fsp3) is 0.714. The Balaban J connectivity index is 2.15. The second-order valence-electron chi connectivity index (χ2n) is 3.12. The molecular formula is C7H9NO3. The van der Waals surface area contributed by atoms with E-state index >= 15 is 0 Å². The molecule has 0 unspecified atom stereocenters. The maximum Gasteiger partial charge on any atom is 0.331 e. The molecule has 1 saturated carbocycles. The Kier molecular flexibility index (Phi) is 1.06. The topological polar surface area (TPSA) is 55.4 Å². The second-order valence-corrected chi connectivity index (χ2v) is 3.12. The number of nitrogens with one attached hydrogen (secondary N) is 1. The maximum atomic E-state index is 11.1. The summed E-state index contributed by atoms with van der Waals surface area (Å²) in [5.74, 6) is -0.137. The van der Waals surface area contributed by atoms with Crippen LogP contribution in [0.1, 0.15) is 12.8 Å². The molecule has 0 radical (unpaired) electrons. The first kappa shape index (κ1) is 6.64. The van der Waals surface area contributed by atoms with Crippen molar-refractivity contribution in [3.05, 3.63) is 0 Å². The summed E-state index contributed by atoms with van der Waals surface area (Å²) in [6.07, 6.45) is 1.24. The predicted molar refractivity (Wildman–Crippen MR) is 35.6 cm³/mol. The van der Waals surface area contributed by atoms with Crippen molar-refractivity contribution in [2.75, 3.05) is 7.11 Å². The van der Waals surface area contributed by atoms with Crippen molar-refractivity contribution in [1.82, 2.24) is 5.32 Å². The molecule has 0 aromatic rings. The van der Waals surface area contributed by atoms with Gasteiger partial charge in [-0.15, -0.1) is 0 Å². The highest BCUT2D eigenvalue weighted by Gasteiger charge is 2.66. The van der Waals surface area contributed by atoms with E-state index in [-0.39, 0.29) is 17.8 Å². The van der Waals surface area contributed by atoms with E-state index < -0.39 is 5.54 Å². The lowest BCUT2D eigenvalue weighted by Crippen LogP contribution is -2.40. The summed E-state index contributed by atoms with van der Waals surface area (Å²) < 4.78 is 4.57. The van der Waals surface area contributed by atoms with Crippen molar-refractivity contribution in [3.63, 3.8) is 0 Å². The van der Waals surface area contributed by atoms with Crippen LogP contribution in [-0.2, 0) is 14.3 Å². The summed E-state index contributed by atoms with van der Waals surface area (Å²) in [5, 5.41) is 2.64. The monoisotopic (exact) mass is 155 g/mol. The van der Waals surface area contributed by atoms with Gasteiger partial charge in [0.25, 0.3) is 0 Å². The molecule has 4 heteroatoms. The fourth-order valence-corrected chi connectivity index (χ4v) is 1.74. The molecule has 11 heavy (non-hydrogen) atoms. The molecule has 4 nitrogen and oxygen atoms in total. The van der Waals surface area contributed by atoms with E-state index in [0.29, 0.717) is 6.42 Å². The van der Waals surface area contributed by atoms with E-state index in [1.54, 1.807) is 0 Å². The number of methoxy groups -OCH3 is 1. The van der Waals surface area contributed by atoms with Crippen molar-refractivity contribution < 1.29 is 14.3 Å². The lowest BCUT2D eigenvalue weighted by Gasteiger charge is -2.09. The van der Waals surface area contributed by atoms with Gasteiger partial charge >= 0.3 is 5.97 Å². The minimum Gasteiger partial charge on any atom is -0.467 e. The summed E-state index contributed by atoms with van der Waals surface area (Å²) in [6, 6.07) is 0. The number of rotatable bonds is 1. The number of ether oxygens (including phenoxy) is 1. The van der Waals surface area contributed by atoms with Gasteiger partial charge in [0.1, 0.15) is 5.54 Å². The van der Waals surface area contributed by atoms with Crippen LogP contribution in [0.3, 0.4) is 0 Å². The van der Waals surface area contributed by atoms with Gasteiger partial charge in [-0.3, -0.25) is 4.79 Å². The van der Waals surface area contributed by atoms with Crippen LogP contribution < -0.4 is 5.32 Å². The van der Waals surface area contributed by atoms with Crippen molar-refractivity contribution in [2.45, 2.75) is 18.4 Å². The van der Waals surface area contributed by atoms with Gasteiger partial charge in [-0.1, -0.05) is 0 Å². The summed E-state index contributed by atoms with van der Waals surface area (Å²) >= 11 is 0. The quantitative estimate of drug-likeness (QED) is 0.516. The molecule has 1 amide bonds. The van der Waals surface area contributed by atoms with Crippen molar-refractivity contribution in [1.29, 1.82) is 0 Å². The highest BCUT2D eigenvalue weighted by molar-refractivity contribution is 5.96. The van der Waals surface area contributed by atoms with Gasteiger partial charge in [-0.05, 0) is 6.42 Å².